The molecule has 1 aromatic rings. The number of Topliss-reactive ketones (excluding diaryl/α,β-unsaturated/α-hetero) is 1. The third-order valence-corrected chi connectivity index (χ3v) is 9.54. The van der Waals surface area contributed by atoms with Crippen LogP contribution in [0.5, 0.6) is 0 Å². The molecule has 0 N–H and O–H groups in total. The second-order valence-electron chi connectivity index (χ2n) is 14.7. The maximum absolute atomic E-state index is 11.2. The van der Waals surface area contributed by atoms with E-state index in [0.717, 1.165) is 37.7 Å². The zero-order valence-electron chi connectivity index (χ0n) is 35.1. The van der Waals surface area contributed by atoms with E-state index in [2.05, 4.69) is 13.8 Å². The second kappa shape index (κ2) is 50.9. The van der Waals surface area contributed by atoms with Crippen molar-refractivity contribution < 1.29 is 24.6 Å². The van der Waals surface area contributed by atoms with Crippen LogP contribution in [0.4, 0.5) is 0 Å². The fourth-order valence-corrected chi connectivity index (χ4v) is 6.28. The van der Waals surface area contributed by atoms with E-state index in [4.69, 9.17) is 0 Å². The Morgan fingerprint density at radius 3 is 0.849 bits per heavy atom. The van der Waals surface area contributed by atoms with E-state index < -0.39 is 11.9 Å². The van der Waals surface area contributed by atoms with Crippen LogP contribution in [0.25, 0.3) is 0 Å². The number of carbonyl (C=O) groups is 3. The van der Waals surface area contributed by atoms with Gasteiger partial charge in [-0.15, -0.1) is 12.4 Å². The molecule has 306 valence electrons. The summed E-state index contributed by atoms with van der Waals surface area (Å²) < 4.78 is 0. The summed E-state index contributed by atoms with van der Waals surface area (Å²) in [6, 6.07) is 9.42. The molecule has 0 saturated carbocycles. The summed E-state index contributed by atoms with van der Waals surface area (Å²) in [5.74, 6) is -1.56. The predicted molar refractivity (Wildman–Crippen MR) is 228 cm³/mol. The zero-order chi connectivity index (χ0) is 37.9. The van der Waals surface area contributed by atoms with Gasteiger partial charge in [-0.2, -0.15) is 0 Å². The largest absolute Gasteiger partial charge is 2.00 e. The quantitative estimate of drug-likeness (QED) is 0.0388. The summed E-state index contributed by atoms with van der Waals surface area (Å²) in [5, 5.41) is 20.4. The number of carboxylic acids is 2. The van der Waals surface area contributed by atoms with Crippen LogP contribution < -0.4 is 10.2 Å². The number of halogens is 1. The van der Waals surface area contributed by atoms with Crippen LogP contribution in [-0.2, 0) is 9.59 Å². The Morgan fingerprint density at radius 1 is 0.377 bits per heavy atom. The first-order valence-electron chi connectivity index (χ1n) is 21.9. The van der Waals surface area contributed by atoms with Gasteiger partial charge in [-0.25, -0.2) is 0 Å². The first-order valence-corrected chi connectivity index (χ1v) is 21.9. The predicted octanol–water partition coefficient (Wildman–Crippen LogP) is 12.7. The van der Waals surface area contributed by atoms with Gasteiger partial charge < -0.3 is 19.8 Å². The Morgan fingerprint density at radius 2 is 0.623 bits per heavy atom. The third kappa shape index (κ3) is 53.0. The fourth-order valence-electron chi connectivity index (χ4n) is 6.28. The molecule has 0 amide bonds. The first-order chi connectivity index (χ1) is 24.9. The van der Waals surface area contributed by atoms with Gasteiger partial charge in [0.2, 0.25) is 0 Å². The molecular weight excluding hydrogens is 692 g/mol. The number of rotatable bonds is 35. The zero-order valence-corrected chi connectivity index (χ0v) is 37.3. The maximum atomic E-state index is 11.2. The van der Waals surface area contributed by atoms with Gasteiger partial charge in [0.05, 0.1) is 0 Å². The Balaban J connectivity index is -0.000000346. The molecule has 1 rings (SSSR count). The van der Waals surface area contributed by atoms with E-state index in [9.17, 15) is 24.6 Å². The van der Waals surface area contributed by atoms with Gasteiger partial charge in [0.15, 0.2) is 5.78 Å². The molecule has 0 aromatic heterocycles. The second-order valence-corrected chi connectivity index (χ2v) is 14.7. The van der Waals surface area contributed by atoms with Crippen molar-refractivity contribution in [2.24, 2.45) is 0 Å². The average Bonchev–Trinajstić information content (AvgIpc) is 3.12. The van der Waals surface area contributed by atoms with E-state index in [1.54, 1.807) is 0 Å². The minimum Gasteiger partial charge on any atom is -0.550 e. The fraction of sp³-hybridized carbons (Fsp3) is 0.804. The van der Waals surface area contributed by atoms with Crippen LogP contribution in [0.1, 0.15) is 249 Å². The van der Waals surface area contributed by atoms with Crippen molar-refractivity contribution >= 4 is 53.2 Å². The van der Waals surface area contributed by atoms with Crippen molar-refractivity contribution in [3.63, 3.8) is 0 Å². The molecule has 0 atom stereocenters. The molecule has 53 heavy (non-hydrogen) atoms. The molecule has 0 aliphatic carbocycles. The molecule has 0 unspecified atom stereocenters. The van der Waals surface area contributed by atoms with Gasteiger partial charge in [0, 0.05) is 23.9 Å². The molecule has 1 aromatic carbocycles. The van der Waals surface area contributed by atoms with E-state index in [1.165, 1.54) is 167 Å². The number of hydrogen-bond acceptors (Lipinski definition) is 5. The third-order valence-electron chi connectivity index (χ3n) is 9.54. The van der Waals surface area contributed by atoms with E-state index in [-0.39, 0.29) is 54.1 Å². The Labute approximate surface area is 351 Å². The van der Waals surface area contributed by atoms with Gasteiger partial charge in [-0.1, -0.05) is 231 Å². The van der Waals surface area contributed by atoms with Gasteiger partial charge in [-0.05, 0) is 32.1 Å². The van der Waals surface area contributed by atoms with Gasteiger partial charge in [-0.3, -0.25) is 4.79 Å². The Hall–Kier alpha value is -1.11. The Kier molecular flexibility index (Phi) is 56.3. The molecule has 5 nitrogen and oxygen atoms in total. The minimum atomic E-state index is -0.903. The standard InChI is InChI=1S/2C18H36O2.C10H12O.ClH.Mg/c2*1-2-3-4-5-6-7-8-9-10-11-12-13-14-15-16-17-18(19)20;1-2-6-10(11)9-7-4-3-5-8-9;;/h2*2-17H2,1H3,(H,19,20);3-5,7-8H,2,6H2,1H3;1H;/q;;;;+2/p-2. The van der Waals surface area contributed by atoms with Crippen molar-refractivity contribution in [1.29, 1.82) is 0 Å². The smallest absolute Gasteiger partial charge is 0.550 e. The summed E-state index contributed by atoms with van der Waals surface area (Å²) in [4.78, 5) is 31.7. The molecule has 0 radical (unpaired) electrons. The number of ketones is 1. The van der Waals surface area contributed by atoms with Crippen molar-refractivity contribution in [2.75, 3.05) is 0 Å². The molecular formula is C46H83ClMgO5. The molecule has 0 saturated heterocycles. The topological polar surface area (TPSA) is 97.3 Å². The first kappa shape index (κ1) is 58.6. The molecule has 0 aliphatic rings. The minimum absolute atomic E-state index is 0. The number of unbranched alkanes of at least 4 members (excludes halogenated alkanes) is 28. The van der Waals surface area contributed by atoms with Crippen LogP contribution in [0.3, 0.4) is 0 Å². The number of aliphatic carboxylic acids is 2. The summed E-state index contributed by atoms with van der Waals surface area (Å²) in [5.41, 5.74) is 0.828. The van der Waals surface area contributed by atoms with Crippen molar-refractivity contribution in [3.8, 4) is 0 Å². The summed E-state index contributed by atoms with van der Waals surface area (Å²) in [6.07, 6.45) is 41.3. The average molecular weight is 776 g/mol. The van der Waals surface area contributed by atoms with Crippen LogP contribution >= 0.6 is 12.4 Å². The monoisotopic (exact) mass is 775 g/mol. The van der Waals surface area contributed by atoms with E-state index in [1.807, 2.05) is 37.3 Å². The molecule has 0 spiro atoms. The van der Waals surface area contributed by atoms with Crippen LogP contribution in [0.15, 0.2) is 30.3 Å². The molecule has 0 fully saturated rings. The summed E-state index contributed by atoms with van der Waals surface area (Å²) in [6.45, 7) is 6.55. The molecule has 0 bridgehead atoms. The number of carboxylic acid groups (broad SMARTS) is 2. The van der Waals surface area contributed by atoms with Crippen LogP contribution in [-0.4, -0.2) is 40.8 Å². The van der Waals surface area contributed by atoms with Crippen molar-refractivity contribution in [1.82, 2.24) is 0 Å². The van der Waals surface area contributed by atoms with Crippen molar-refractivity contribution in [2.45, 2.75) is 239 Å². The number of carbonyl (C=O) groups excluding carboxylic acids is 3. The van der Waals surface area contributed by atoms with Gasteiger partial charge >= 0.3 is 23.1 Å². The van der Waals surface area contributed by atoms with Gasteiger partial charge in [0.1, 0.15) is 0 Å². The molecule has 0 heterocycles. The van der Waals surface area contributed by atoms with Crippen LogP contribution in [0, 0.1) is 0 Å². The molecule has 7 heteroatoms. The van der Waals surface area contributed by atoms with Crippen molar-refractivity contribution in [3.05, 3.63) is 35.9 Å². The Bertz CT molecular complexity index is 823. The normalized spacial score (nSPS) is 10.2. The van der Waals surface area contributed by atoms with E-state index >= 15 is 0 Å². The van der Waals surface area contributed by atoms with Gasteiger partial charge in [0.25, 0.3) is 0 Å². The number of benzene rings is 1. The van der Waals surface area contributed by atoms with Crippen LogP contribution in [0.2, 0.25) is 0 Å². The summed E-state index contributed by atoms with van der Waals surface area (Å²) >= 11 is 0. The molecule has 0 aliphatic heterocycles. The maximum Gasteiger partial charge on any atom is 2.00 e. The SMILES string of the molecule is CCCC(=O)c1ccccc1.CCCCCCCCCCCCCCCCCC(=O)[O-].CCCCCCCCCCCCCCCCCC(=O)[O-].Cl.[Mg+2]. The number of hydrogen-bond donors (Lipinski definition) is 0. The summed E-state index contributed by atoms with van der Waals surface area (Å²) in [7, 11) is 0. The van der Waals surface area contributed by atoms with E-state index in [0.29, 0.717) is 6.42 Å².